The largest absolute Gasteiger partial charge is 0.459 e. The molecule has 0 aromatic heterocycles. The van der Waals surface area contributed by atoms with Crippen molar-refractivity contribution >= 4 is 11.9 Å². The molecule has 144 valence electrons. The first-order valence-electron chi connectivity index (χ1n) is 8.88. The zero-order valence-electron chi connectivity index (χ0n) is 15.8. The van der Waals surface area contributed by atoms with Gasteiger partial charge < -0.3 is 19.7 Å². The number of ether oxygens (including phenoxy) is 2. The number of fused-ring (bicyclic) bond motifs is 1. The van der Waals surface area contributed by atoms with E-state index in [0.29, 0.717) is 6.42 Å². The van der Waals surface area contributed by atoms with Gasteiger partial charge in [-0.3, -0.25) is 0 Å². The van der Waals surface area contributed by atoms with Crippen LogP contribution in [0.15, 0.2) is 35.5 Å². The van der Waals surface area contributed by atoms with Gasteiger partial charge in [0.2, 0.25) is 0 Å². The molecule has 1 aliphatic carbocycles. The maximum atomic E-state index is 12.5. The van der Waals surface area contributed by atoms with E-state index in [1.165, 1.54) is 13.8 Å². The number of esters is 2. The Hall–Kier alpha value is -1.92. The van der Waals surface area contributed by atoms with E-state index in [2.05, 4.69) is 12.7 Å². The summed E-state index contributed by atoms with van der Waals surface area (Å²) in [5.74, 6) is -1.98. The molecule has 1 saturated heterocycles. The van der Waals surface area contributed by atoms with Gasteiger partial charge in [-0.05, 0) is 46.6 Å². The molecule has 0 radical (unpaired) electrons. The molecule has 2 rings (SSSR count). The predicted octanol–water partition coefficient (Wildman–Crippen LogP) is 2.20. The lowest BCUT2D eigenvalue weighted by atomic mass is 9.85. The van der Waals surface area contributed by atoms with Gasteiger partial charge in [-0.25, -0.2) is 9.59 Å². The number of rotatable bonds is 3. The summed E-state index contributed by atoms with van der Waals surface area (Å²) in [6.45, 7) is 10.2. The Kier molecular flexibility index (Phi) is 6.09. The number of carbonyl (C=O) groups excluding carboxylic acids is 2. The summed E-state index contributed by atoms with van der Waals surface area (Å²) in [7, 11) is 0. The molecule has 1 fully saturated rings. The van der Waals surface area contributed by atoms with Crippen LogP contribution >= 0.6 is 0 Å². The third kappa shape index (κ3) is 4.24. The van der Waals surface area contributed by atoms with E-state index in [4.69, 9.17) is 9.47 Å². The molecule has 6 heteroatoms. The van der Waals surface area contributed by atoms with Crippen molar-refractivity contribution in [2.75, 3.05) is 0 Å². The molecule has 0 bridgehead atoms. The Labute approximate surface area is 154 Å². The van der Waals surface area contributed by atoms with Crippen LogP contribution in [0.1, 0.15) is 47.0 Å². The second-order valence-electron chi connectivity index (χ2n) is 7.49. The Morgan fingerprint density at radius 1 is 1.42 bits per heavy atom. The molecule has 0 spiro atoms. The summed E-state index contributed by atoms with van der Waals surface area (Å²) in [5.41, 5.74) is 0.301. The standard InChI is InChI=1S/C20H28O6/c1-11-7-6-8-12(2)10-16(26-19(23)20(5,24)14(4)21)17-13(3)18(22)25-15(17)9-11/h8-9,14-17,21,24H,3,6-7,10H2,1-2,4-5H3/t14-,15-,16+,17-,20-/m0/s1. The van der Waals surface area contributed by atoms with Gasteiger partial charge in [0.05, 0.1) is 12.0 Å². The average molecular weight is 364 g/mol. The Bertz CT molecular complexity index is 655. The number of allylic oxidation sites excluding steroid dienone is 2. The molecule has 0 amide bonds. The molecule has 6 nitrogen and oxygen atoms in total. The van der Waals surface area contributed by atoms with Gasteiger partial charge in [0, 0.05) is 12.0 Å². The first kappa shape index (κ1) is 20.4. The van der Waals surface area contributed by atoms with Crippen molar-refractivity contribution in [3.05, 3.63) is 35.5 Å². The topological polar surface area (TPSA) is 93.1 Å². The minimum absolute atomic E-state index is 0.252. The van der Waals surface area contributed by atoms with Crippen LogP contribution in [-0.4, -0.2) is 46.1 Å². The maximum Gasteiger partial charge on any atom is 0.340 e. The average Bonchev–Trinajstić information content (AvgIpc) is 2.80. The summed E-state index contributed by atoms with van der Waals surface area (Å²) >= 11 is 0. The molecule has 26 heavy (non-hydrogen) atoms. The molecule has 0 aromatic rings. The normalized spacial score (nSPS) is 30.3. The lowest BCUT2D eigenvalue weighted by molar-refractivity contribution is -0.182. The van der Waals surface area contributed by atoms with Gasteiger partial charge in [0.15, 0.2) is 5.60 Å². The fourth-order valence-electron chi connectivity index (χ4n) is 3.16. The van der Waals surface area contributed by atoms with Crippen LogP contribution in [0.4, 0.5) is 0 Å². The van der Waals surface area contributed by atoms with E-state index in [9.17, 15) is 19.8 Å². The van der Waals surface area contributed by atoms with Crippen molar-refractivity contribution < 1.29 is 29.3 Å². The third-order valence-electron chi connectivity index (χ3n) is 5.15. The lowest BCUT2D eigenvalue weighted by Gasteiger charge is -2.31. The number of aliphatic hydroxyl groups is 2. The Morgan fingerprint density at radius 2 is 2.08 bits per heavy atom. The molecule has 0 aromatic carbocycles. The summed E-state index contributed by atoms with van der Waals surface area (Å²) in [4.78, 5) is 24.5. The van der Waals surface area contributed by atoms with Crippen molar-refractivity contribution in [1.29, 1.82) is 0 Å². The quantitative estimate of drug-likeness (QED) is 0.453. The maximum absolute atomic E-state index is 12.5. The highest BCUT2D eigenvalue weighted by Crippen LogP contribution is 2.36. The van der Waals surface area contributed by atoms with Gasteiger partial charge in [-0.1, -0.05) is 23.8 Å². The lowest BCUT2D eigenvalue weighted by Crippen LogP contribution is -2.49. The summed E-state index contributed by atoms with van der Waals surface area (Å²) in [5, 5.41) is 19.9. The van der Waals surface area contributed by atoms with Crippen molar-refractivity contribution in [3.63, 3.8) is 0 Å². The first-order valence-corrected chi connectivity index (χ1v) is 8.88. The van der Waals surface area contributed by atoms with E-state index in [1.807, 2.05) is 19.9 Å². The van der Waals surface area contributed by atoms with Crippen LogP contribution in [-0.2, 0) is 19.1 Å². The van der Waals surface area contributed by atoms with Gasteiger partial charge in [0.1, 0.15) is 12.2 Å². The molecule has 1 heterocycles. The number of hydrogen-bond donors (Lipinski definition) is 2. The van der Waals surface area contributed by atoms with Gasteiger partial charge >= 0.3 is 11.9 Å². The molecule has 0 saturated carbocycles. The zero-order chi connectivity index (χ0) is 19.6. The molecule has 2 aliphatic rings. The minimum atomic E-state index is -2.04. The molecule has 2 N–H and O–H groups in total. The van der Waals surface area contributed by atoms with Crippen LogP contribution in [0.3, 0.4) is 0 Å². The third-order valence-corrected chi connectivity index (χ3v) is 5.15. The predicted molar refractivity (Wildman–Crippen MR) is 96.1 cm³/mol. The van der Waals surface area contributed by atoms with E-state index < -0.39 is 41.8 Å². The van der Waals surface area contributed by atoms with E-state index in [0.717, 1.165) is 24.0 Å². The van der Waals surface area contributed by atoms with Crippen molar-refractivity contribution in [3.8, 4) is 0 Å². The van der Waals surface area contributed by atoms with E-state index in [-0.39, 0.29) is 5.57 Å². The smallest absolute Gasteiger partial charge is 0.340 e. The van der Waals surface area contributed by atoms with Crippen LogP contribution in [0.5, 0.6) is 0 Å². The van der Waals surface area contributed by atoms with Crippen molar-refractivity contribution in [1.82, 2.24) is 0 Å². The fourth-order valence-corrected chi connectivity index (χ4v) is 3.16. The highest BCUT2D eigenvalue weighted by molar-refractivity contribution is 5.91. The van der Waals surface area contributed by atoms with E-state index >= 15 is 0 Å². The highest BCUT2D eigenvalue weighted by Gasteiger charge is 2.46. The fraction of sp³-hybridized carbons (Fsp3) is 0.600. The zero-order valence-corrected chi connectivity index (χ0v) is 15.8. The van der Waals surface area contributed by atoms with Crippen LogP contribution in [0.25, 0.3) is 0 Å². The van der Waals surface area contributed by atoms with Gasteiger partial charge in [0.25, 0.3) is 0 Å². The summed E-state index contributed by atoms with van der Waals surface area (Å²) in [6.07, 6.45) is 3.46. The van der Waals surface area contributed by atoms with Crippen molar-refractivity contribution in [2.45, 2.75) is 70.9 Å². The van der Waals surface area contributed by atoms with Crippen molar-refractivity contribution in [2.24, 2.45) is 5.92 Å². The molecular weight excluding hydrogens is 336 g/mol. The minimum Gasteiger partial charge on any atom is -0.459 e. The van der Waals surface area contributed by atoms with Crippen LogP contribution < -0.4 is 0 Å². The summed E-state index contributed by atoms with van der Waals surface area (Å²) in [6, 6.07) is 0. The van der Waals surface area contributed by atoms with E-state index in [1.54, 1.807) is 0 Å². The molecular formula is C20H28O6. The Balaban J connectivity index is 2.38. The Morgan fingerprint density at radius 3 is 2.69 bits per heavy atom. The van der Waals surface area contributed by atoms with Crippen LogP contribution in [0.2, 0.25) is 0 Å². The second-order valence-corrected chi connectivity index (χ2v) is 7.49. The SMILES string of the molecule is C=C1C(=O)O[C@H]2C=C(C)CCC=C(C)C[C@@H](OC(=O)[C@@](C)(O)[C@H](C)O)[C@@H]12. The molecule has 1 aliphatic heterocycles. The number of carbonyl (C=O) groups is 2. The van der Waals surface area contributed by atoms with Crippen LogP contribution in [0, 0.1) is 5.92 Å². The first-order chi connectivity index (χ1) is 12.0. The molecule has 0 unspecified atom stereocenters. The highest BCUT2D eigenvalue weighted by atomic mass is 16.6. The van der Waals surface area contributed by atoms with Gasteiger partial charge in [-0.15, -0.1) is 0 Å². The molecule has 5 atom stereocenters. The number of hydrogen-bond acceptors (Lipinski definition) is 6. The number of aliphatic hydroxyl groups excluding tert-OH is 1. The second kappa shape index (κ2) is 7.76. The monoisotopic (exact) mass is 364 g/mol. The summed E-state index contributed by atoms with van der Waals surface area (Å²) < 4.78 is 11.0. The van der Waals surface area contributed by atoms with Gasteiger partial charge in [-0.2, -0.15) is 0 Å².